The molecule has 10 nitrogen and oxygen atoms in total. The van der Waals surface area contributed by atoms with E-state index in [9.17, 15) is 5.11 Å². The number of morpholine rings is 1. The maximum Gasteiger partial charge on any atom is 0.162 e. The number of nitrogens with zero attached hydrogens (tertiary/aromatic N) is 5. The molecule has 0 atom stereocenters. The Hall–Kier alpha value is -3.47. The Kier molecular flexibility index (Phi) is 6.64. The van der Waals surface area contributed by atoms with Gasteiger partial charge in [-0.05, 0) is 23.8 Å². The zero-order chi connectivity index (χ0) is 22.5. The topological polar surface area (TPSA) is 136 Å². The van der Waals surface area contributed by atoms with E-state index in [-0.39, 0.29) is 5.75 Å². The molecule has 0 unspecified atom stereocenters. The van der Waals surface area contributed by atoms with Gasteiger partial charge in [0.15, 0.2) is 11.6 Å². The van der Waals surface area contributed by atoms with Crippen molar-refractivity contribution in [2.24, 2.45) is 11.6 Å². The van der Waals surface area contributed by atoms with Crippen LogP contribution in [0.15, 0.2) is 48.4 Å². The summed E-state index contributed by atoms with van der Waals surface area (Å²) in [6, 6.07) is 8.84. The molecule has 1 aliphatic heterocycles. The van der Waals surface area contributed by atoms with E-state index >= 15 is 0 Å². The summed E-state index contributed by atoms with van der Waals surface area (Å²) < 4.78 is 10.5. The zero-order valence-corrected chi connectivity index (χ0v) is 17.9. The predicted octanol–water partition coefficient (Wildman–Crippen LogP) is 1.36. The van der Waals surface area contributed by atoms with Gasteiger partial charge < -0.3 is 30.2 Å². The van der Waals surface area contributed by atoms with Crippen molar-refractivity contribution in [3.05, 3.63) is 54.0 Å². The van der Waals surface area contributed by atoms with Crippen molar-refractivity contribution in [1.29, 1.82) is 0 Å². The van der Waals surface area contributed by atoms with Crippen LogP contribution in [-0.2, 0) is 16.0 Å². The zero-order valence-electron chi connectivity index (χ0n) is 17.9. The van der Waals surface area contributed by atoms with Crippen molar-refractivity contribution in [2.45, 2.75) is 6.54 Å². The molecule has 5 N–H and O–H groups in total. The second kappa shape index (κ2) is 9.77. The van der Waals surface area contributed by atoms with Crippen molar-refractivity contribution in [2.75, 3.05) is 44.9 Å². The molecule has 10 heteroatoms. The molecule has 1 aliphatic rings. The lowest BCUT2D eigenvalue weighted by atomic mass is 10.1. The third kappa shape index (κ3) is 5.05. The summed E-state index contributed by atoms with van der Waals surface area (Å²) in [6.45, 7) is 3.38. The van der Waals surface area contributed by atoms with E-state index in [1.807, 2.05) is 12.1 Å². The highest BCUT2D eigenvalue weighted by atomic mass is 16.5. The quantitative estimate of drug-likeness (QED) is 0.367. The smallest absolute Gasteiger partial charge is 0.162 e. The minimum atomic E-state index is 0.158. The van der Waals surface area contributed by atoms with Crippen LogP contribution >= 0.6 is 0 Å². The van der Waals surface area contributed by atoms with Gasteiger partial charge in [-0.25, -0.2) is 15.8 Å². The van der Waals surface area contributed by atoms with Gasteiger partial charge in [0.25, 0.3) is 0 Å². The number of aromatic nitrogens is 3. The minimum absolute atomic E-state index is 0.158. The standard InChI is InChI=1S/C22H27N7O3/c1-31-14-17(23)13-29(24)12-15-9-19-20(25-11-15)22(28-5-7-32-8-6-28)27-21(26-19)16-3-2-4-18(30)10-16/h2-4,9-11,13,30H,5-8,12,14,23-24H2,1H3/b17-13-. The fraction of sp³-hybridized carbons (Fsp3) is 0.318. The number of phenols is 1. The van der Waals surface area contributed by atoms with Gasteiger partial charge >= 0.3 is 0 Å². The van der Waals surface area contributed by atoms with Gasteiger partial charge in [-0.15, -0.1) is 0 Å². The lowest BCUT2D eigenvalue weighted by molar-refractivity contribution is 0.122. The molecule has 4 rings (SSSR count). The van der Waals surface area contributed by atoms with E-state index in [1.54, 1.807) is 37.7 Å². The first-order valence-corrected chi connectivity index (χ1v) is 10.3. The predicted molar refractivity (Wildman–Crippen MR) is 121 cm³/mol. The van der Waals surface area contributed by atoms with E-state index in [2.05, 4.69) is 9.88 Å². The third-order valence-electron chi connectivity index (χ3n) is 5.00. The summed E-state index contributed by atoms with van der Waals surface area (Å²) in [5, 5.41) is 11.4. The number of pyridine rings is 1. The number of phenolic OH excluding ortho intramolecular Hbond substituents is 1. The second-order valence-corrected chi connectivity index (χ2v) is 7.54. The molecule has 1 aromatic carbocycles. The molecule has 0 bridgehead atoms. The molecule has 3 heterocycles. The number of hydrogen-bond donors (Lipinski definition) is 3. The lowest BCUT2D eigenvalue weighted by Gasteiger charge is -2.28. The number of ether oxygens (including phenoxy) is 2. The monoisotopic (exact) mass is 437 g/mol. The van der Waals surface area contributed by atoms with Crippen LogP contribution in [0.1, 0.15) is 5.56 Å². The Labute approximate surface area is 186 Å². The highest BCUT2D eigenvalue weighted by Crippen LogP contribution is 2.28. The van der Waals surface area contributed by atoms with Crippen molar-refractivity contribution in [3.8, 4) is 17.1 Å². The first kappa shape index (κ1) is 21.8. The molecule has 0 saturated carbocycles. The van der Waals surface area contributed by atoms with Crippen LogP contribution in [0.25, 0.3) is 22.4 Å². The van der Waals surface area contributed by atoms with Gasteiger partial charge in [-0.3, -0.25) is 4.98 Å². The van der Waals surface area contributed by atoms with Crippen molar-refractivity contribution >= 4 is 16.9 Å². The molecular formula is C22H27N7O3. The van der Waals surface area contributed by atoms with Crippen molar-refractivity contribution < 1.29 is 14.6 Å². The maximum absolute atomic E-state index is 9.92. The van der Waals surface area contributed by atoms with E-state index in [4.69, 9.17) is 31.0 Å². The van der Waals surface area contributed by atoms with E-state index in [1.165, 1.54) is 5.01 Å². The average molecular weight is 438 g/mol. The number of methoxy groups -OCH3 is 1. The van der Waals surface area contributed by atoms with Crippen LogP contribution in [0.2, 0.25) is 0 Å². The molecule has 0 amide bonds. The molecule has 1 saturated heterocycles. The Balaban J connectivity index is 1.74. The molecule has 32 heavy (non-hydrogen) atoms. The summed E-state index contributed by atoms with van der Waals surface area (Å²) >= 11 is 0. The second-order valence-electron chi connectivity index (χ2n) is 7.54. The average Bonchev–Trinajstić information content (AvgIpc) is 2.78. The molecule has 168 valence electrons. The highest BCUT2D eigenvalue weighted by molar-refractivity contribution is 5.88. The number of benzene rings is 1. The molecule has 0 radical (unpaired) electrons. The fourth-order valence-electron chi connectivity index (χ4n) is 3.57. The summed E-state index contributed by atoms with van der Waals surface area (Å²) in [5.74, 6) is 7.50. The first-order valence-electron chi connectivity index (χ1n) is 10.3. The molecule has 3 aromatic rings. The molecule has 0 spiro atoms. The Morgan fingerprint density at radius 1 is 1.28 bits per heavy atom. The first-order chi connectivity index (χ1) is 15.5. The number of hydrogen-bond acceptors (Lipinski definition) is 10. The highest BCUT2D eigenvalue weighted by Gasteiger charge is 2.19. The maximum atomic E-state index is 9.92. The van der Waals surface area contributed by atoms with Gasteiger partial charge in [0, 0.05) is 38.2 Å². The summed E-state index contributed by atoms with van der Waals surface area (Å²) in [6.07, 6.45) is 3.40. The van der Waals surface area contributed by atoms with Crippen LogP contribution in [0.4, 0.5) is 5.82 Å². The number of hydrazine groups is 1. The number of rotatable bonds is 7. The SMILES string of the molecule is COC/C(N)=C/N(N)Cc1cnc2c(N3CCOCC3)nc(-c3cccc(O)c3)nc2c1. The molecule has 2 aromatic heterocycles. The number of nitrogens with two attached hydrogens (primary N) is 2. The summed E-state index contributed by atoms with van der Waals surface area (Å²) in [5.41, 5.74) is 9.39. The Morgan fingerprint density at radius 3 is 2.84 bits per heavy atom. The van der Waals surface area contributed by atoms with Crippen LogP contribution < -0.4 is 16.5 Å². The molecular weight excluding hydrogens is 410 g/mol. The van der Waals surface area contributed by atoms with Crippen LogP contribution in [0, 0.1) is 0 Å². The minimum Gasteiger partial charge on any atom is -0.508 e. The van der Waals surface area contributed by atoms with E-state index in [0.29, 0.717) is 48.9 Å². The lowest BCUT2D eigenvalue weighted by Crippen LogP contribution is -2.37. The van der Waals surface area contributed by atoms with E-state index in [0.717, 1.165) is 30.0 Å². The fourth-order valence-corrected chi connectivity index (χ4v) is 3.57. The van der Waals surface area contributed by atoms with E-state index < -0.39 is 0 Å². The van der Waals surface area contributed by atoms with Gasteiger partial charge in [0.05, 0.1) is 37.6 Å². The summed E-state index contributed by atoms with van der Waals surface area (Å²) in [7, 11) is 1.57. The van der Waals surface area contributed by atoms with Gasteiger partial charge in [-0.1, -0.05) is 12.1 Å². The van der Waals surface area contributed by atoms with Crippen molar-refractivity contribution in [1.82, 2.24) is 20.0 Å². The largest absolute Gasteiger partial charge is 0.508 e. The third-order valence-corrected chi connectivity index (χ3v) is 5.00. The van der Waals surface area contributed by atoms with Crippen molar-refractivity contribution in [3.63, 3.8) is 0 Å². The number of fused-ring (bicyclic) bond motifs is 1. The molecule has 1 fully saturated rings. The van der Waals surface area contributed by atoms with Crippen LogP contribution in [0.3, 0.4) is 0 Å². The number of anilines is 1. The van der Waals surface area contributed by atoms with Crippen LogP contribution in [-0.4, -0.2) is 65.1 Å². The van der Waals surface area contributed by atoms with Gasteiger partial charge in [0.1, 0.15) is 11.3 Å². The number of aromatic hydroxyl groups is 1. The Morgan fingerprint density at radius 2 is 2.09 bits per heavy atom. The van der Waals surface area contributed by atoms with Gasteiger partial charge in [0.2, 0.25) is 0 Å². The summed E-state index contributed by atoms with van der Waals surface area (Å²) in [4.78, 5) is 16.3. The molecule has 0 aliphatic carbocycles. The van der Waals surface area contributed by atoms with Crippen LogP contribution in [0.5, 0.6) is 5.75 Å². The Bertz CT molecular complexity index is 1120. The normalized spacial score (nSPS) is 14.7. The van der Waals surface area contributed by atoms with Gasteiger partial charge in [-0.2, -0.15) is 0 Å².